The fourth-order valence-corrected chi connectivity index (χ4v) is 4.22. The van der Waals surface area contributed by atoms with Gasteiger partial charge in [0.25, 0.3) is 0 Å². The van der Waals surface area contributed by atoms with E-state index in [2.05, 4.69) is 5.32 Å². The molecule has 0 atom stereocenters. The lowest BCUT2D eigenvalue weighted by Gasteiger charge is -2.18. The second-order valence-corrected chi connectivity index (χ2v) is 8.28. The van der Waals surface area contributed by atoms with Crippen LogP contribution < -0.4 is 5.32 Å². The molecule has 2 rings (SSSR count). The number of rotatable bonds is 9. The summed E-state index contributed by atoms with van der Waals surface area (Å²) in [6, 6.07) is 10.0. The zero-order valence-corrected chi connectivity index (χ0v) is 17.0. The van der Waals surface area contributed by atoms with Crippen molar-refractivity contribution in [2.75, 3.05) is 32.0 Å². The molecule has 0 saturated heterocycles. The Morgan fingerprint density at radius 3 is 2.22 bits per heavy atom. The van der Waals surface area contributed by atoms with Gasteiger partial charge in [-0.25, -0.2) is 8.42 Å². The molecule has 1 aromatic heterocycles. The molecule has 0 aliphatic rings. The number of hydrogen-bond donors (Lipinski definition) is 1. The van der Waals surface area contributed by atoms with Crippen LogP contribution in [0.25, 0.3) is 0 Å². The van der Waals surface area contributed by atoms with Gasteiger partial charge >= 0.3 is 0 Å². The number of carbonyl (C=O) groups excluding carboxylic acids is 1. The molecule has 148 valence electrons. The summed E-state index contributed by atoms with van der Waals surface area (Å²) in [5, 5.41) is 2.78. The highest BCUT2D eigenvalue weighted by Crippen LogP contribution is 2.18. The van der Waals surface area contributed by atoms with Crippen LogP contribution in [0.4, 0.5) is 5.69 Å². The average molecular weight is 394 g/mol. The van der Waals surface area contributed by atoms with Crippen molar-refractivity contribution in [3.8, 4) is 0 Å². The number of sulfonamides is 1. The van der Waals surface area contributed by atoms with Gasteiger partial charge in [-0.05, 0) is 50.4 Å². The number of aryl methyl sites for hydroxylation is 1. The number of furan rings is 1. The number of likely N-dealkylation sites (N-methyl/N-ethyl adjacent to an activating group) is 1. The number of carbonyl (C=O) groups is 1. The maximum Gasteiger partial charge on any atom is 0.243 e. The first-order valence-corrected chi connectivity index (χ1v) is 10.3. The number of nitrogens with one attached hydrogen (secondary N) is 1. The molecule has 27 heavy (non-hydrogen) atoms. The van der Waals surface area contributed by atoms with Crippen molar-refractivity contribution in [3.63, 3.8) is 0 Å². The first-order chi connectivity index (χ1) is 12.8. The van der Waals surface area contributed by atoms with Crippen LogP contribution in [0.15, 0.2) is 45.7 Å². The Labute approximate surface area is 161 Å². The van der Waals surface area contributed by atoms with Gasteiger partial charge in [-0.15, -0.1) is 0 Å². The summed E-state index contributed by atoms with van der Waals surface area (Å²) in [5.74, 6) is 1.46. The Balaban J connectivity index is 1.94. The van der Waals surface area contributed by atoms with E-state index in [4.69, 9.17) is 4.42 Å². The van der Waals surface area contributed by atoms with E-state index in [1.54, 1.807) is 26.0 Å². The van der Waals surface area contributed by atoms with Gasteiger partial charge in [-0.1, -0.05) is 13.8 Å². The highest BCUT2D eigenvalue weighted by atomic mass is 32.2. The SMILES string of the molecule is CCN(CC)S(=O)(=O)c1ccc(NC(=O)CN(C)Cc2ccc(C)o2)cc1. The molecule has 1 heterocycles. The standard InChI is InChI=1S/C19H27N3O4S/c1-5-22(6-2)27(24,25)18-11-8-16(9-12-18)20-19(23)14-21(4)13-17-10-7-15(3)26-17/h7-12H,5-6,13-14H2,1-4H3,(H,20,23). The lowest BCUT2D eigenvalue weighted by atomic mass is 10.3. The fraction of sp³-hybridized carbons (Fsp3) is 0.421. The Morgan fingerprint density at radius 2 is 1.70 bits per heavy atom. The van der Waals surface area contributed by atoms with Crippen molar-refractivity contribution in [2.24, 2.45) is 0 Å². The minimum atomic E-state index is -3.50. The molecule has 1 amide bonds. The van der Waals surface area contributed by atoms with Crippen LogP contribution in [0, 0.1) is 6.92 Å². The summed E-state index contributed by atoms with van der Waals surface area (Å²) in [7, 11) is -1.67. The monoisotopic (exact) mass is 393 g/mol. The smallest absolute Gasteiger partial charge is 0.243 e. The molecule has 0 aliphatic heterocycles. The summed E-state index contributed by atoms with van der Waals surface area (Å²) in [6.45, 7) is 7.03. The first kappa shape index (κ1) is 21.1. The number of amides is 1. The molecule has 0 spiro atoms. The molecule has 1 N–H and O–H groups in total. The Morgan fingerprint density at radius 1 is 1.07 bits per heavy atom. The van der Waals surface area contributed by atoms with Crippen molar-refractivity contribution < 1.29 is 17.6 Å². The normalized spacial score (nSPS) is 11.9. The summed E-state index contributed by atoms with van der Waals surface area (Å²) in [4.78, 5) is 14.2. The molecular weight excluding hydrogens is 366 g/mol. The predicted molar refractivity (Wildman–Crippen MR) is 105 cm³/mol. The highest BCUT2D eigenvalue weighted by molar-refractivity contribution is 7.89. The second kappa shape index (κ2) is 9.16. The first-order valence-electron chi connectivity index (χ1n) is 8.90. The lowest BCUT2D eigenvalue weighted by molar-refractivity contribution is -0.117. The Kier molecular flexibility index (Phi) is 7.18. The summed E-state index contributed by atoms with van der Waals surface area (Å²) >= 11 is 0. The molecule has 1 aromatic carbocycles. The third-order valence-electron chi connectivity index (χ3n) is 4.12. The molecule has 8 heteroatoms. The van der Waals surface area contributed by atoms with Crippen molar-refractivity contribution in [3.05, 3.63) is 47.9 Å². The van der Waals surface area contributed by atoms with E-state index in [0.717, 1.165) is 11.5 Å². The van der Waals surface area contributed by atoms with E-state index in [9.17, 15) is 13.2 Å². The van der Waals surface area contributed by atoms with E-state index in [1.165, 1.54) is 16.4 Å². The molecule has 0 saturated carbocycles. The van der Waals surface area contributed by atoms with Crippen LogP contribution in [0.3, 0.4) is 0 Å². The van der Waals surface area contributed by atoms with E-state index in [0.29, 0.717) is 25.3 Å². The van der Waals surface area contributed by atoms with E-state index in [1.807, 2.05) is 31.0 Å². The molecule has 7 nitrogen and oxygen atoms in total. The van der Waals surface area contributed by atoms with Gasteiger partial charge in [0.05, 0.1) is 18.0 Å². The van der Waals surface area contributed by atoms with Crippen molar-refractivity contribution >= 4 is 21.6 Å². The molecule has 2 aromatic rings. The molecular formula is C19H27N3O4S. The van der Waals surface area contributed by atoms with Crippen LogP contribution in [-0.4, -0.2) is 50.2 Å². The predicted octanol–water partition coefficient (Wildman–Crippen LogP) is 2.69. The molecule has 0 radical (unpaired) electrons. The van der Waals surface area contributed by atoms with Gasteiger partial charge in [-0.2, -0.15) is 4.31 Å². The van der Waals surface area contributed by atoms with Crippen molar-refractivity contribution in [2.45, 2.75) is 32.2 Å². The van der Waals surface area contributed by atoms with Crippen molar-refractivity contribution in [1.82, 2.24) is 9.21 Å². The van der Waals surface area contributed by atoms with Crippen LogP contribution in [0.2, 0.25) is 0 Å². The number of hydrogen-bond acceptors (Lipinski definition) is 5. The number of benzene rings is 1. The quantitative estimate of drug-likeness (QED) is 0.708. The Bertz CT molecular complexity index is 855. The van der Waals surface area contributed by atoms with E-state index >= 15 is 0 Å². The highest BCUT2D eigenvalue weighted by Gasteiger charge is 2.21. The molecule has 0 unspecified atom stereocenters. The van der Waals surface area contributed by atoms with Gasteiger partial charge in [0.1, 0.15) is 11.5 Å². The van der Waals surface area contributed by atoms with Crippen LogP contribution >= 0.6 is 0 Å². The molecule has 0 bridgehead atoms. The fourth-order valence-electron chi connectivity index (χ4n) is 2.76. The molecule has 0 fully saturated rings. The Hall–Kier alpha value is -2.16. The third-order valence-corrected chi connectivity index (χ3v) is 6.18. The maximum absolute atomic E-state index is 12.5. The van der Waals surface area contributed by atoms with Crippen LogP contribution in [0.1, 0.15) is 25.4 Å². The largest absolute Gasteiger partial charge is 0.465 e. The summed E-state index contributed by atoms with van der Waals surface area (Å²) in [6.07, 6.45) is 0. The number of nitrogens with zero attached hydrogens (tertiary/aromatic N) is 2. The van der Waals surface area contributed by atoms with Gasteiger partial charge in [0.15, 0.2) is 0 Å². The maximum atomic E-state index is 12.5. The van der Waals surface area contributed by atoms with E-state index in [-0.39, 0.29) is 17.3 Å². The third kappa shape index (κ3) is 5.66. The van der Waals surface area contributed by atoms with Crippen LogP contribution in [0.5, 0.6) is 0 Å². The lowest BCUT2D eigenvalue weighted by Crippen LogP contribution is -2.31. The zero-order valence-electron chi connectivity index (χ0n) is 16.2. The second-order valence-electron chi connectivity index (χ2n) is 6.35. The van der Waals surface area contributed by atoms with Gasteiger partial charge in [0.2, 0.25) is 15.9 Å². The van der Waals surface area contributed by atoms with Crippen molar-refractivity contribution in [1.29, 1.82) is 0 Å². The summed E-state index contributed by atoms with van der Waals surface area (Å²) in [5.41, 5.74) is 0.556. The summed E-state index contributed by atoms with van der Waals surface area (Å²) < 4.78 is 31.8. The minimum Gasteiger partial charge on any atom is -0.465 e. The van der Waals surface area contributed by atoms with Gasteiger partial charge in [0, 0.05) is 18.8 Å². The average Bonchev–Trinajstić information content (AvgIpc) is 3.00. The van der Waals surface area contributed by atoms with Crippen LogP contribution in [-0.2, 0) is 21.4 Å². The number of anilines is 1. The minimum absolute atomic E-state index is 0.180. The van der Waals surface area contributed by atoms with Gasteiger partial charge < -0.3 is 9.73 Å². The topological polar surface area (TPSA) is 82.9 Å². The van der Waals surface area contributed by atoms with E-state index < -0.39 is 10.0 Å². The molecule has 0 aliphatic carbocycles. The zero-order chi connectivity index (χ0) is 20.0. The van der Waals surface area contributed by atoms with Gasteiger partial charge in [-0.3, -0.25) is 9.69 Å².